The van der Waals surface area contributed by atoms with E-state index in [1.54, 1.807) is 17.5 Å². The van der Waals surface area contributed by atoms with Crippen molar-refractivity contribution in [2.24, 2.45) is 16.6 Å². The molecule has 0 aliphatic carbocycles. The zero-order valence-corrected chi connectivity index (χ0v) is 16.8. The van der Waals surface area contributed by atoms with E-state index in [4.69, 9.17) is 5.73 Å². The Bertz CT molecular complexity index is 796. The van der Waals surface area contributed by atoms with Crippen molar-refractivity contribution >= 4 is 33.2 Å². The van der Waals surface area contributed by atoms with Crippen LogP contribution < -0.4 is 16.4 Å². The van der Waals surface area contributed by atoms with Gasteiger partial charge in [0, 0.05) is 39.0 Å². The van der Waals surface area contributed by atoms with E-state index in [-0.39, 0.29) is 0 Å². The molecule has 0 radical (unpaired) electrons. The second-order valence-electron chi connectivity index (χ2n) is 6.66. The molecular formula is C19H23BrN4S. The van der Waals surface area contributed by atoms with Gasteiger partial charge in [0.1, 0.15) is 5.66 Å². The molecule has 0 fully saturated rings. The molecule has 4 N–H and O–H groups in total. The topological polar surface area (TPSA) is 62.4 Å². The summed E-state index contributed by atoms with van der Waals surface area (Å²) in [7, 11) is 0. The average Bonchev–Trinajstić information content (AvgIpc) is 3.01. The van der Waals surface area contributed by atoms with E-state index >= 15 is 0 Å². The molecule has 25 heavy (non-hydrogen) atoms. The fraction of sp³-hybridized carbons (Fsp3) is 0.316. The van der Waals surface area contributed by atoms with Gasteiger partial charge in [0.05, 0.1) is 0 Å². The van der Waals surface area contributed by atoms with Gasteiger partial charge in [-0.2, -0.15) is 0 Å². The minimum absolute atomic E-state index is 0.548. The Morgan fingerprint density at radius 3 is 2.84 bits per heavy atom. The normalized spacial score (nSPS) is 19.6. The predicted octanol–water partition coefficient (Wildman–Crippen LogP) is 4.09. The van der Waals surface area contributed by atoms with Gasteiger partial charge in [-0.25, -0.2) is 4.99 Å². The molecule has 2 heterocycles. The maximum atomic E-state index is 6.54. The Morgan fingerprint density at radius 2 is 2.08 bits per heavy atom. The monoisotopic (exact) mass is 418 g/mol. The highest BCUT2D eigenvalue weighted by Crippen LogP contribution is 2.34. The molecule has 132 valence electrons. The summed E-state index contributed by atoms with van der Waals surface area (Å²) in [6, 6.07) is 12.6. The van der Waals surface area contributed by atoms with E-state index in [2.05, 4.69) is 75.7 Å². The molecule has 1 aromatic heterocycles. The molecule has 0 amide bonds. The Labute approximate surface area is 161 Å². The van der Waals surface area contributed by atoms with E-state index in [0.717, 1.165) is 17.0 Å². The van der Waals surface area contributed by atoms with Gasteiger partial charge in [0.2, 0.25) is 0 Å². The number of hydrogen-bond acceptors (Lipinski definition) is 5. The third-order valence-electron chi connectivity index (χ3n) is 3.87. The average molecular weight is 419 g/mol. The maximum absolute atomic E-state index is 6.54. The van der Waals surface area contributed by atoms with Crippen LogP contribution in [0.15, 0.2) is 58.1 Å². The van der Waals surface area contributed by atoms with E-state index in [0.29, 0.717) is 12.3 Å². The molecule has 6 heteroatoms. The van der Waals surface area contributed by atoms with Crippen molar-refractivity contribution in [2.75, 3.05) is 6.54 Å². The van der Waals surface area contributed by atoms with Gasteiger partial charge >= 0.3 is 0 Å². The molecule has 1 aliphatic rings. The second-order valence-corrected chi connectivity index (χ2v) is 8.68. The van der Waals surface area contributed by atoms with E-state index in [1.807, 2.05) is 12.1 Å². The van der Waals surface area contributed by atoms with Crippen LogP contribution in [-0.4, -0.2) is 18.2 Å². The number of rotatable bonds is 5. The SMILES string of the molecule is CC(C)CNC1=NC=CC(N)(Cc2ccc(-c3ccccc3Br)s2)N1. The molecule has 1 aliphatic heterocycles. The number of hydrogen-bond donors (Lipinski definition) is 3. The van der Waals surface area contributed by atoms with Gasteiger partial charge in [-0.3, -0.25) is 0 Å². The Balaban J connectivity index is 1.70. The van der Waals surface area contributed by atoms with E-state index < -0.39 is 5.66 Å². The fourth-order valence-electron chi connectivity index (χ4n) is 2.60. The first-order chi connectivity index (χ1) is 12.0. The summed E-state index contributed by atoms with van der Waals surface area (Å²) in [6.07, 6.45) is 4.41. The van der Waals surface area contributed by atoms with E-state index in [1.165, 1.54) is 15.3 Å². The summed E-state index contributed by atoms with van der Waals surface area (Å²) in [4.78, 5) is 6.80. The van der Waals surface area contributed by atoms with Crippen LogP contribution >= 0.6 is 27.3 Å². The largest absolute Gasteiger partial charge is 0.356 e. The molecular weight excluding hydrogens is 396 g/mol. The molecule has 0 saturated heterocycles. The first kappa shape index (κ1) is 18.2. The predicted molar refractivity (Wildman–Crippen MR) is 111 cm³/mol. The third-order valence-corrected chi connectivity index (χ3v) is 5.68. The molecule has 1 aromatic carbocycles. The standard InChI is InChI=1S/C19H23BrN4S/c1-13(2)12-23-18-22-10-9-19(21,24-18)11-14-7-8-17(25-14)15-5-3-4-6-16(15)20/h3-10,13H,11-12,21H2,1-2H3,(H2,22,23,24). The highest BCUT2D eigenvalue weighted by Gasteiger charge is 2.26. The van der Waals surface area contributed by atoms with Crippen LogP contribution in [0, 0.1) is 5.92 Å². The number of halogens is 1. The fourth-order valence-corrected chi connectivity index (χ4v) is 4.38. The second kappa shape index (κ2) is 7.72. The van der Waals surface area contributed by atoms with Crippen molar-refractivity contribution in [3.8, 4) is 10.4 Å². The highest BCUT2D eigenvalue weighted by molar-refractivity contribution is 9.10. The quantitative estimate of drug-likeness (QED) is 0.684. The minimum atomic E-state index is -0.628. The molecule has 1 unspecified atom stereocenters. The lowest BCUT2D eigenvalue weighted by Gasteiger charge is -2.31. The third kappa shape index (κ3) is 4.71. The van der Waals surface area contributed by atoms with Gasteiger partial charge in [-0.1, -0.05) is 48.0 Å². The molecule has 2 aromatic rings. The molecule has 0 spiro atoms. The lowest BCUT2D eigenvalue weighted by atomic mass is 10.1. The molecule has 4 nitrogen and oxygen atoms in total. The van der Waals surface area contributed by atoms with Crippen LogP contribution in [-0.2, 0) is 6.42 Å². The summed E-state index contributed by atoms with van der Waals surface area (Å²) >= 11 is 5.39. The van der Waals surface area contributed by atoms with Crippen molar-refractivity contribution in [2.45, 2.75) is 25.9 Å². The lowest BCUT2D eigenvalue weighted by Crippen LogP contribution is -2.60. The van der Waals surface area contributed by atoms with Crippen LogP contribution in [0.1, 0.15) is 18.7 Å². The van der Waals surface area contributed by atoms with Crippen molar-refractivity contribution in [1.29, 1.82) is 0 Å². The van der Waals surface area contributed by atoms with Gasteiger partial charge in [-0.15, -0.1) is 11.3 Å². The zero-order valence-electron chi connectivity index (χ0n) is 14.4. The van der Waals surface area contributed by atoms with Crippen LogP contribution in [0.5, 0.6) is 0 Å². The summed E-state index contributed by atoms with van der Waals surface area (Å²) in [5.74, 6) is 1.29. The smallest absolute Gasteiger partial charge is 0.197 e. The summed E-state index contributed by atoms with van der Waals surface area (Å²) in [6.45, 7) is 5.19. The number of guanidine groups is 1. The van der Waals surface area contributed by atoms with Gasteiger partial charge < -0.3 is 16.4 Å². The molecule has 3 rings (SSSR count). The van der Waals surface area contributed by atoms with Crippen molar-refractivity contribution in [1.82, 2.24) is 10.6 Å². The van der Waals surface area contributed by atoms with Crippen molar-refractivity contribution in [3.63, 3.8) is 0 Å². The van der Waals surface area contributed by atoms with Crippen LogP contribution in [0.4, 0.5) is 0 Å². The number of benzene rings is 1. The summed E-state index contributed by atoms with van der Waals surface area (Å²) in [5, 5.41) is 6.63. The molecule has 0 saturated carbocycles. The number of nitrogens with two attached hydrogens (primary N) is 1. The van der Waals surface area contributed by atoms with Gasteiger partial charge in [0.25, 0.3) is 0 Å². The Kier molecular flexibility index (Phi) is 5.61. The van der Waals surface area contributed by atoms with E-state index in [9.17, 15) is 0 Å². The summed E-state index contributed by atoms with van der Waals surface area (Å²) < 4.78 is 1.11. The van der Waals surface area contributed by atoms with Gasteiger partial charge in [0.15, 0.2) is 5.96 Å². The highest BCUT2D eigenvalue weighted by atomic mass is 79.9. The first-order valence-electron chi connectivity index (χ1n) is 8.35. The molecule has 1 atom stereocenters. The number of nitrogens with zero attached hydrogens (tertiary/aromatic N) is 1. The van der Waals surface area contributed by atoms with Crippen molar-refractivity contribution in [3.05, 3.63) is 58.0 Å². The number of thiophene rings is 1. The Hall–Kier alpha value is -1.63. The van der Waals surface area contributed by atoms with Crippen LogP contribution in [0.2, 0.25) is 0 Å². The lowest BCUT2D eigenvalue weighted by molar-refractivity contribution is 0.473. The number of aliphatic imine (C=N–C) groups is 1. The Morgan fingerprint density at radius 1 is 1.28 bits per heavy atom. The first-order valence-corrected chi connectivity index (χ1v) is 9.96. The number of nitrogens with one attached hydrogen (secondary N) is 2. The van der Waals surface area contributed by atoms with Crippen molar-refractivity contribution < 1.29 is 0 Å². The van der Waals surface area contributed by atoms with Crippen LogP contribution in [0.3, 0.4) is 0 Å². The maximum Gasteiger partial charge on any atom is 0.197 e. The zero-order chi connectivity index (χ0) is 17.9. The molecule has 0 bridgehead atoms. The van der Waals surface area contributed by atoms with Gasteiger partial charge in [-0.05, 0) is 30.2 Å². The summed E-state index contributed by atoms with van der Waals surface area (Å²) in [5.41, 5.74) is 7.12. The minimum Gasteiger partial charge on any atom is -0.356 e. The van der Waals surface area contributed by atoms with Crippen LogP contribution in [0.25, 0.3) is 10.4 Å².